The van der Waals surface area contributed by atoms with Crippen molar-refractivity contribution in [2.75, 3.05) is 6.61 Å². The lowest BCUT2D eigenvalue weighted by Gasteiger charge is -2.15. The lowest BCUT2D eigenvalue weighted by atomic mass is 10.1. The first kappa shape index (κ1) is 11.9. The van der Waals surface area contributed by atoms with Crippen LogP contribution in [0.15, 0.2) is 41.7 Å². The largest absolute Gasteiger partial charge is 0.462 e. The molecular formula is C14H11NO3. The van der Waals surface area contributed by atoms with Crippen LogP contribution in [-0.4, -0.2) is 12.6 Å². The van der Waals surface area contributed by atoms with Crippen LogP contribution in [-0.2, 0) is 9.53 Å². The Kier molecular flexibility index (Phi) is 3.44. The number of carbonyl (C=O) groups excluding carboxylic acids is 1. The van der Waals surface area contributed by atoms with Crippen LogP contribution in [0.4, 0.5) is 0 Å². The number of carbonyl (C=O) groups is 1. The Bertz CT molecular complexity index is 579. The van der Waals surface area contributed by atoms with Gasteiger partial charge in [0.15, 0.2) is 11.3 Å². The van der Waals surface area contributed by atoms with Gasteiger partial charge in [0.25, 0.3) is 0 Å². The number of nitriles is 1. The van der Waals surface area contributed by atoms with Crippen molar-refractivity contribution in [2.24, 2.45) is 0 Å². The fourth-order valence-electron chi connectivity index (χ4n) is 1.57. The van der Waals surface area contributed by atoms with E-state index in [0.29, 0.717) is 5.75 Å². The van der Waals surface area contributed by atoms with E-state index in [9.17, 15) is 4.79 Å². The zero-order valence-electron chi connectivity index (χ0n) is 9.84. The highest BCUT2D eigenvalue weighted by atomic mass is 16.5. The number of rotatable bonds is 2. The minimum Gasteiger partial charge on any atom is -0.462 e. The summed E-state index contributed by atoms with van der Waals surface area (Å²) < 4.78 is 10.3. The Balaban J connectivity index is 2.37. The monoisotopic (exact) mass is 241 g/mol. The average Bonchev–Trinajstić information content (AvgIpc) is 2.40. The number of hydrogen-bond donors (Lipinski definition) is 0. The second-order valence-corrected chi connectivity index (χ2v) is 3.54. The highest BCUT2D eigenvalue weighted by molar-refractivity contribution is 5.94. The molecule has 0 radical (unpaired) electrons. The van der Waals surface area contributed by atoms with E-state index in [4.69, 9.17) is 14.7 Å². The third kappa shape index (κ3) is 2.25. The first-order valence-electron chi connectivity index (χ1n) is 5.52. The Morgan fingerprint density at radius 3 is 2.89 bits per heavy atom. The predicted molar refractivity (Wildman–Crippen MR) is 65.4 cm³/mol. The molecular weight excluding hydrogens is 230 g/mol. The Labute approximate surface area is 105 Å². The zero-order chi connectivity index (χ0) is 13.0. The summed E-state index contributed by atoms with van der Waals surface area (Å²) in [5.41, 5.74) is 0.782. The SMILES string of the molecule is CCOC(=O)/C(C#N)=C1/C=Cc2ccccc2O1. The summed E-state index contributed by atoms with van der Waals surface area (Å²) in [6.45, 7) is 1.90. The van der Waals surface area contributed by atoms with E-state index >= 15 is 0 Å². The van der Waals surface area contributed by atoms with Gasteiger partial charge in [-0.25, -0.2) is 4.79 Å². The van der Waals surface area contributed by atoms with Crippen molar-refractivity contribution in [3.63, 3.8) is 0 Å². The number of fused-ring (bicyclic) bond motifs is 1. The Morgan fingerprint density at radius 2 is 2.17 bits per heavy atom. The van der Waals surface area contributed by atoms with Gasteiger partial charge in [0.1, 0.15) is 11.8 Å². The van der Waals surface area contributed by atoms with Gasteiger partial charge < -0.3 is 9.47 Å². The summed E-state index contributed by atoms with van der Waals surface area (Å²) in [5, 5.41) is 9.00. The predicted octanol–water partition coefficient (Wildman–Crippen LogP) is 2.43. The molecule has 0 saturated heterocycles. The van der Waals surface area contributed by atoms with Crippen molar-refractivity contribution in [1.29, 1.82) is 5.26 Å². The van der Waals surface area contributed by atoms with E-state index < -0.39 is 5.97 Å². The van der Waals surface area contributed by atoms with E-state index in [-0.39, 0.29) is 17.9 Å². The maximum atomic E-state index is 11.6. The van der Waals surface area contributed by atoms with Crippen molar-refractivity contribution in [3.05, 3.63) is 47.2 Å². The molecule has 0 amide bonds. The van der Waals surface area contributed by atoms with Gasteiger partial charge in [0.05, 0.1) is 6.61 Å². The lowest BCUT2D eigenvalue weighted by molar-refractivity contribution is -0.138. The van der Waals surface area contributed by atoms with Crippen LogP contribution in [0.2, 0.25) is 0 Å². The number of allylic oxidation sites excluding steroid dienone is 1. The van der Waals surface area contributed by atoms with Crippen LogP contribution >= 0.6 is 0 Å². The van der Waals surface area contributed by atoms with Crippen LogP contribution in [0.1, 0.15) is 12.5 Å². The highest BCUT2D eigenvalue weighted by Crippen LogP contribution is 2.28. The van der Waals surface area contributed by atoms with Crippen molar-refractivity contribution in [1.82, 2.24) is 0 Å². The Hall–Kier alpha value is -2.54. The van der Waals surface area contributed by atoms with Crippen LogP contribution < -0.4 is 4.74 Å². The molecule has 2 rings (SSSR count). The Morgan fingerprint density at radius 1 is 1.39 bits per heavy atom. The molecule has 18 heavy (non-hydrogen) atoms. The molecule has 1 aromatic carbocycles. The van der Waals surface area contributed by atoms with Crippen molar-refractivity contribution in [2.45, 2.75) is 6.92 Å². The van der Waals surface area contributed by atoms with E-state index in [1.165, 1.54) is 0 Å². The molecule has 0 atom stereocenters. The fraction of sp³-hybridized carbons (Fsp3) is 0.143. The summed E-state index contributed by atoms with van der Waals surface area (Å²) in [6, 6.07) is 9.19. The average molecular weight is 241 g/mol. The van der Waals surface area contributed by atoms with Gasteiger partial charge in [-0.2, -0.15) is 5.26 Å². The minimum atomic E-state index is -0.668. The molecule has 0 saturated carbocycles. The van der Waals surface area contributed by atoms with Crippen LogP contribution in [0, 0.1) is 11.3 Å². The van der Waals surface area contributed by atoms with E-state index in [2.05, 4.69) is 0 Å². The van der Waals surface area contributed by atoms with Gasteiger partial charge in [0.2, 0.25) is 0 Å². The molecule has 0 aliphatic carbocycles. The summed E-state index contributed by atoms with van der Waals surface area (Å²) in [4.78, 5) is 11.6. The standard InChI is InChI=1S/C14H11NO3/c1-2-17-14(16)11(9-15)13-8-7-10-5-3-4-6-12(10)18-13/h3-8H,2H2,1H3/b13-11-. The molecule has 1 aliphatic heterocycles. The number of benzene rings is 1. The summed E-state index contributed by atoms with van der Waals surface area (Å²) in [5.74, 6) is 0.167. The van der Waals surface area contributed by atoms with Crippen molar-refractivity contribution >= 4 is 12.0 Å². The summed E-state index contributed by atoms with van der Waals surface area (Å²) in [7, 11) is 0. The molecule has 4 nitrogen and oxygen atoms in total. The molecule has 0 fully saturated rings. The van der Waals surface area contributed by atoms with Crippen molar-refractivity contribution < 1.29 is 14.3 Å². The van der Waals surface area contributed by atoms with Crippen LogP contribution in [0.3, 0.4) is 0 Å². The summed E-state index contributed by atoms with van der Waals surface area (Å²) >= 11 is 0. The van der Waals surface area contributed by atoms with Gasteiger partial charge in [-0.15, -0.1) is 0 Å². The maximum Gasteiger partial charge on any atom is 0.352 e. The molecule has 0 aromatic heterocycles. The molecule has 1 aromatic rings. The molecule has 1 heterocycles. The van der Waals surface area contributed by atoms with Gasteiger partial charge in [-0.1, -0.05) is 18.2 Å². The molecule has 4 heteroatoms. The van der Waals surface area contributed by atoms with E-state index in [0.717, 1.165) is 5.56 Å². The zero-order valence-corrected chi connectivity index (χ0v) is 9.84. The minimum absolute atomic E-state index is 0.123. The number of ether oxygens (including phenoxy) is 2. The molecule has 0 unspecified atom stereocenters. The third-order valence-corrected chi connectivity index (χ3v) is 2.39. The number of para-hydroxylation sites is 1. The van der Waals surface area contributed by atoms with Crippen LogP contribution in [0.5, 0.6) is 5.75 Å². The quantitative estimate of drug-likeness (QED) is 0.453. The molecule has 0 bridgehead atoms. The third-order valence-electron chi connectivity index (χ3n) is 2.39. The first-order valence-corrected chi connectivity index (χ1v) is 5.52. The smallest absolute Gasteiger partial charge is 0.352 e. The molecule has 90 valence electrons. The second kappa shape index (κ2) is 5.19. The number of hydrogen-bond acceptors (Lipinski definition) is 4. The highest BCUT2D eigenvalue weighted by Gasteiger charge is 2.19. The van der Waals surface area contributed by atoms with Crippen LogP contribution in [0.25, 0.3) is 6.08 Å². The number of esters is 1. The molecule has 0 spiro atoms. The summed E-state index contributed by atoms with van der Waals surface area (Å²) in [6.07, 6.45) is 3.39. The first-order chi connectivity index (χ1) is 8.76. The number of nitrogens with zero attached hydrogens (tertiary/aromatic N) is 1. The van der Waals surface area contributed by atoms with Crippen molar-refractivity contribution in [3.8, 4) is 11.8 Å². The van der Waals surface area contributed by atoms with Gasteiger partial charge >= 0.3 is 5.97 Å². The molecule has 1 aliphatic rings. The van der Waals surface area contributed by atoms with Gasteiger partial charge in [-0.05, 0) is 25.1 Å². The van der Waals surface area contributed by atoms with Gasteiger partial charge in [-0.3, -0.25) is 0 Å². The normalized spacial score (nSPS) is 15.1. The van der Waals surface area contributed by atoms with Gasteiger partial charge in [0, 0.05) is 5.56 Å². The fourth-order valence-corrected chi connectivity index (χ4v) is 1.57. The van der Waals surface area contributed by atoms with E-state index in [1.807, 2.05) is 24.3 Å². The topological polar surface area (TPSA) is 59.3 Å². The second-order valence-electron chi connectivity index (χ2n) is 3.54. The van der Waals surface area contributed by atoms with E-state index in [1.54, 1.807) is 25.1 Å². The maximum absolute atomic E-state index is 11.6. The lowest BCUT2D eigenvalue weighted by Crippen LogP contribution is -2.12. The molecule has 0 N–H and O–H groups in total.